The molecule has 108 valence electrons. The number of hydrogen-bond donors (Lipinski definition) is 1. The Kier molecular flexibility index (Phi) is 6.26. The maximum absolute atomic E-state index is 11.7. The highest BCUT2D eigenvalue weighted by molar-refractivity contribution is 7.90. The molecule has 0 saturated heterocycles. The van der Waals surface area contributed by atoms with Crippen LogP contribution in [0, 0.1) is 0 Å². The lowest BCUT2D eigenvalue weighted by Crippen LogP contribution is -2.27. The van der Waals surface area contributed by atoms with E-state index in [1.807, 2.05) is 13.8 Å². The van der Waals surface area contributed by atoms with Crippen molar-refractivity contribution < 1.29 is 13.2 Å². The molecule has 6 heteroatoms. The third-order valence-corrected chi connectivity index (χ3v) is 4.20. The van der Waals surface area contributed by atoms with Gasteiger partial charge in [0.05, 0.1) is 11.0 Å². The minimum absolute atomic E-state index is 0.0779. The van der Waals surface area contributed by atoms with Gasteiger partial charge >= 0.3 is 0 Å². The smallest absolute Gasteiger partial charge is 0.175 e. The van der Waals surface area contributed by atoms with Crippen molar-refractivity contribution in [3.8, 4) is 0 Å². The van der Waals surface area contributed by atoms with Crippen molar-refractivity contribution >= 4 is 21.4 Å². The van der Waals surface area contributed by atoms with Crippen molar-refractivity contribution in [2.75, 3.05) is 19.4 Å². The number of halogens is 1. The first-order valence-electron chi connectivity index (χ1n) is 6.16. The van der Waals surface area contributed by atoms with E-state index in [9.17, 15) is 8.42 Å². The van der Waals surface area contributed by atoms with Crippen LogP contribution in [0.25, 0.3) is 0 Å². The van der Waals surface area contributed by atoms with Gasteiger partial charge in [-0.1, -0.05) is 17.7 Å². The van der Waals surface area contributed by atoms with Crippen LogP contribution in [0.3, 0.4) is 0 Å². The molecule has 0 amide bonds. The van der Waals surface area contributed by atoms with E-state index in [1.54, 1.807) is 18.2 Å². The zero-order chi connectivity index (χ0) is 14.5. The largest absolute Gasteiger partial charge is 0.377 e. The van der Waals surface area contributed by atoms with Crippen molar-refractivity contribution in [1.29, 1.82) is 0 Å². The molecule has 0 bridgehead atoms. The van der Waals surface area contributed by atoms with Gasteiger partial charge < -0.3 is 10.1 Å². The van der Waals surface area contributed by atoms with E-state index in [4.69, 9.17) is 16.3 Å². The van der Waals surface area contributed by atoms with Crippen molar-refractivity contribution in [2.45, 2.75) is 31.4 Å². The number of benzene rings is 1. The number of sulfone groups is 1. The fourth-order valence-electron chi connectivity index (χ4n) is 1.80. The molecule has 1 aromatic carbocycles. The Morgan fingerprint density at radius 1 is 1.42 bits per heavy atom. The molecule has 0 fully saturated rings. The van der Waals surface area contributed by atoms with Gasteiger partial charge in [0.1, 0.15) is 0 Å². The first kappa shape index (κ1) is 16.4. The standard InChI is InChI=1S/C13H20ClNO3S/c1-4-18-10(2)8-15-9-11-12(14)6-5-7-13(11)19(3,16)17/h5-7,10,15H,4,8-9H2,1-3H3. The second kappa shape index (κ2) is 7.24. The summed E-state index contributed by atoms with van der Waals surface area (Å²) in [5.41, 5.74) is 0.607. The average molecular weight is 306 g/mol. The Hall–Kier alpha value is -0.620. The zero-order valence-electron chi connectivity index (χ0n) is 11.4. The molecule has 0 saturated carbocycles. The van der Waals surface area contributed by atoms with Gasteiger partial charge in [-0.25, -0.2) is 8.42 Å². The predicted octanol–water partition coefficient (Wildman–Crippen LogP) is 2.26. The van der Waals surface area contributed by atoms with Gasteiger partial charge in [0.15, 0.2) is 9.84 Å². The second-order valence-corrected chi connectivity index (χ2v) is 6.78. The highest BCUT2D eigenvalue weighted by Crippen LogP contribution is 2.23. The van der Waals surface area contributed by atoms with Crippen LogP contribution in [-0.2, 0) is 21.1 Å². The number of nitrogens with one attached hydrogen (secondary N) is 1. The third kappa shape index (κ3) is 5.10. The normalized spacial score (nSPS) is 13.5. The SMILES string of the molecule is CCOC(C)CNCc1c(Cl)cccc1S(C)(=O)=O. The van der Waals surface area contributed by atoms with Crippen LogP contribution in [0.5, 0.6) is 0 Å². The Morgan fingerprint density at radius 3 is 2.68 bits per heavy atom. The number of hydrogen-bond acceptors (Lipinski definition) is 4. The van der Waals surface area contributed by atoms with E-state index in [-0.39, 0.29) is 11.0 Å². The maximum Gasteiger partial charge on any atom is 0.175 e. The summed E-state index contributed by atoms with van der Waals surface area (Å²) in [6.45, 7) is 5.60. The van der Waals surface area contributed by atoms with Crippen LogP contribution in [0.4, 0.5) is 0 Å². The maximum atomic E-state index is 11.7. The van der Waals surface area contributed by atoms with E-state index in [0.717, 1.165) is 0 Å². The van der Waals surface area contributed by atoms with Crippen molar-refractivity contribution in [2.24, 2.45) is 0 Å². The van der Waals surface area contributed by atoms with E-state index in [0.29, 0.717) is 30.3 Å². The van der Waals surface area contributed by atoms with Gasteiger partial charge in [-0.3, -0.25) is 0 Å². The van der Waals surface area contributed by atoms with E-state index >= 15 is 0 Å². The molecular formula is C13H20ClNO3S. The lowest BCUT2D eigenvalue weighted by molar-refractivity contribution is 0.0759. The van der Waals surface area contributed by atoms with Crippen LogP contribution in [0.1, 0.15) is 19.4 Å². The molecule has 1 atom stereocenters. The molecule has 1 N–H and O–H groups in total. The molecule has 0 spiro atoms. The Morgan fingerprint density at radius 2 is 2.11 bits per heavy atom. The summed E-state index contributed by atoms with van der Waals surface area (Å²) in [4.78, 5) is 0.275. The molecule has 1 rings (SSSR count). The lowest BCUT2D eigenvalue weighted by Gasteiger charge is -2.14. The molecule has 0 heterocycles. The Labute approximate surface area is 120 Å². The second-order valence-electron chi connectivity index (χ2n) is 4.39. The number of rotatable bonds is 7. The van der Waals surface area contributed by atoms with Crippen molar-refractivity contribution in [3.63, 3.8) is 0 Å². The third-order valence-electron chi connectivity index (χ3n) is 2.66. The van der Waals surface area contributed by atoms with Crippen molar-refractivity contribution in [1.82, 2.24) is 5.32 Å². The Bertz CT molecular complexity index is 517. The molecule has 19 heavy (non-hydrogen) atoms. The summed E-state index contributed by atoms with van der Waals surface area (Å²) < 4.78 is 28.8. The van der Waals surface area contributed by atoms with E-state index in [2.05, 4.69) is 5.32 Å². The molecular weight excluding hydrogens is 286 g/mol. The van der Waals surface area contributed by atoms with Crippen LogP contribution < -0.4 is 5.32 Å². The summed E-state index contributed by atoms with van der Waals surface area (Å²) in [6, 6.07) is 4.91. The summed E-state index contributed by atoms with van der Waals surface area (Å²) in [6.07, 6.45) is 1.26. The topological polar surface area (TPSA) is 55.4 Å². The van der Waals surface area contributed by atoms with Gasteiger partial charge in [0.2, 0.25) is 0 Å². The van der Waals surface area contributed by atoms with Gasteiger partial charge in [-0.05, 0) is 26.0 Å². The first-order chi connectivity index (χ1) is 8.86. The quantitative estimate of drug-likeness (QED) is 0.839. The van der Waals surface area contributed by atoms with Gasteiger partial charge in [-0.2, -0.15) is 0 Å². The predicted molar refractivity (Wildman–Crippen MR) is 77.4 cm³/mol. The number of ether oxygens (including phenoxy) is 1. The summed E-state index contributed by atoms with van der Waals surface area (Å²) >= 11 is 6.08. The molecule has 1 unspecified atom stereocenters. The van der Waals surface area contributed by atoms with E-state index < -0.39 is 9.84 Å². The monoisotopic (exact) mass is 305 g/mol. The minimum atomic E-state index is -3.27. The summed E-state index contributed by atoms with van der Waals surface area (Å²) in [7, 11) is -3.27. The molecule has 4 nitrogen and oxygen atoms in total. The van der Waals surface area contributed by atoms with Crippen molar-refractivity contribution in [3.05, 3.63) is 28.8 Å². The van der Waals surface area contributed by atoms with Crippen LogP contribution in [0.15, 0.2) is 23.1 Å². The van der Waals surface area contributed by atoms with Gasteiger partial charge in [0, 0.05) is 36.5 Å². The fraction of sp³-hybridized carbons (Fsp3) is 0.538. The minimum Gasteiger partial charge on any atom is -0.377 e. The summed E-state index contributed by atoms with van der Waals surface area (Å²) in [5.74, 6) is 0. The fourth-order valence-corrected chi connectivity index (χ4v) is 3.05. The van der Waals surface area contributed by atoms with E-state index in [1.165, 1.54) is 6.26 Å². The Balaban J connectivity index is 2.78. The van der Waals surface area contributed by atoms with Gasteiger partial charge in [-0.15, -0.1) is 0 Å². The molecule has 0 aliphatic carbocycles. The molecule has 0 aliphatic heterocycles. The zero-order valence-corrected chi connectivity index (χ0v) is 13.0. The molecule has 0 aromatic heterocycles. The highest BCUT2D eigenvalue weighted by Gasteiger charge is 2.15. The first-order valence-corrected chi connectivity index (χ1v) is 8.43. The lowest BCUT2D eigenvalue weighted by atomic mass is 10.2. The molecule has 0 radical (unpaired) electrons. The summed E-state index contributed by atoms with van der Waals surface area (Å²) in [5, 5.41) is 3.62. The molecule has 0 aliphatic rings. The molecule has 1 aromatic rings. The van der Waals surface area contributed by atoms with Crippen LogP contribution in [0.2, 0.25) is 5.02 Å². The van der Waals surface area contributed by atoms with Gasteiger partial charge in [0.25, 0.3) is 0 Å². The highest BCUT2D eigenvalue weighted by atomic mass is 35.5. The average Bonchev–Trinajstić information content (AvgIpc) is 2.30. The van der Waals surface area contributed by atoms with Crippen LogP contribution >= 0.6 is 11.6 Å². The van der Waals surface area contributed by atoms with Crippen LogP contribution in [-0.4, -0.2) is 33.9 Å².